The molecule has 0 fully saturated rings. The molecule has 0 bridgehead atoms. The molecule has 0 saturated carbocycles. The van der Waals surface area contributed by atoms with Gasteiger partial charge in [-0.2, -0.15) is 0 Å². The third-order valence-electron chi connectivity index (χ3n) is 6.96. The van der Waals surface area contributed by atoms with Gasteiger partial charge in [0.15, 0.2) is 0 Å². The summed E-state index contributed by atoms with van der Waals surface area (Å²) in [5.41, 5.74) is 2.88. The largest absolute Gasteiger partial charge is 0.444 e. The van der Waals surface area contributed by atoms with Crippen LogP contribution in [0.3, 0.4) is 0 Å². The Bertz CT molecular complexity index is 1130. The fourth-order valence-corrected chi connectivity index (χ4v) is 4.77. The molecule has 40 heavy (non-hydrogen) atoms. The lowest BCUT2D eigenvalue weighted by Gasteiger charge is -2.39. The SMILES string of the molecule is CCCC(C)NC(=O)C(c1cc(C)ccc1C)N(C(=O)C(Cc1ccccc1)NC(=O)OC(C)(C)C)C(C)CC. The van der Waals surface area contributed by atoms with Gasteiger partial charge in [0, 0.05) is 18.5 Å². The first-order valence-corrected chi connectivity index (χ1v) is 14.5. The van der Waals surface area contributed by atoms with Crippen molar-refractivity contribution in [3.05, 3.63) is 70.8 Å². The van der Waals surface area contributed by atoms with Crippen molar-refractivity contribution in [3.63, 3.8) is 0 Å². The molecular formula is C33H49N3O4. The zero-order valence-corrected chi connectivity index (χ0v) is 25.8. The summed E-state index contributed by atoms with van der Waals surface area (Å²) in [6, 6.07) is 13.4. The first kappa shape index (κ1) is 32.9. The van der Waals surface area contributed by atoms with E-state index >= 15 is 0 Å². The van der Waals surface area contributed by atoms with Crippen LogP contribution in [0.5, 0.6) is 0 Å². The van der Waals surface area contributed by atoms with Crippen LogP contribution >= 0.6 is 0 Å². The van der Waals surface area contributed by atoms with E-state index in [9.17, 15) is 14.4 Å². The summed E-state index contributed by atoms with van der Waals surface area (Å²) in [4.78, 5) is 43.2. The van der Waals surface area contributed by atoms with Gasteiger partial charge in [-0.25, -0.2) is 4.79 Å². The summed E-state index contributed by atoms with van der Waals surface area (Å²) in [7, 11) is 0. The van der Waals surface area contributed by atoms with E-state index in [0.717, 1.165) is 35.1 Å². The van der Waals surface area contributed by atoms with Crippen LogP contribution in [0.15, 0.2) is 48.5 Å². The molecule has 4 atom stereocenters. The van der Waals surface area contributed by atoms with E-state index in [4.69, 9.17) is 4.74 Å². The lowest BCUT2D eigenvalue weighted by Crippen LogP contribution is -2.56. The quantitative estimate of drug-likeness (QED) is 0.319. The number of benzene rings is 2. The Morgan fingerprint density at radius 3 is 2.17 bits per heavy atom. The molecule has 2 aromatic rings. The second kappa shape index (κ2) is 14.9. The molecular weight excluding hydrogens is 502 g/mol. The molecule has 2 N–H and O–H groups in total. The van der Waals surface area contributed by atoms with Crippen molar-refractivity contribution < 1.29 is 19.1 Å². The van der Waals surface area contributed by atoms with Gasteiger partial charge >= 0.3 is 6.09 Å². The van der Waals surface area contributed by atoms with Crippen molar-refractivity contribution in [2.75, 3.05) is 0 Å². The molecule has 0 aliphatic rings. The van der Waals surface area contributed by atoms with Gasteiger partial charge < -0.3 is 20.3 Å². The molecule has 4 unspecified atom stereocenters. The monoisotopic (exact) mass is 551 g/mol. The van der Waals surface area contributed by atoms with Gasteiger partial charge in [-0.1, -0.05) is 74.4 Å². The van der Waals surface area contributed by atoms with Gasteiger partial charge in [0.05, 0.1) is 0 Å². The summed E-state index contributed by atoms with van der Waals surface area (Å²) in [5, 5.41) is 5.99. The fourth-order valence-electron chi connectivity index (χ4n) is 4.77. The molecule has 0 aliphatic heterocycles. The summed E-state index contributed by atoms with van der Waals surface area (Å²) in [5.74, 6) is -0.549. The summed E-state index contributed by atoms with van der Waals surface area (Å²) >= 11 is 0. The topological polar surface area (TPSA) is 87.7 Å². The maximum atomic E-state index is 14.6. The fraction of sp³-hybridized carbons (Fsp3) is 0.545. The van der Waals surface area contributed by atoms with Crippen molar-refractivity contribution in [1.29, 1.82) is 0 Å². The average Bonchev–Trinajstić information content (AvgIpc) is 2.87. The Labute approximate surface area is 241 Å². The number of carbonyl (C=O) groups is 3. The second-order valence-corrected chi connectivity index (χ2v) is 11.9. The van der Waals surface area contributed by atoms with Crippen molar-refractivity contribution >= 4 is 17.9 Å². The van der Waals surface area contributed by atoms with Crippen LogP contribution in [0, 0.1) is 13.8 Å². The molecule has 7 heteroatoms. The molecule has 0 spiro atoms. The van der Waals surface area contributed by atoms with Crippen molar-refractivity contribution in [2.45, 2.75) is 118 Å². The zero-order chi connectivity index (χ0) is 30.0. The number of nitrogens with one attached hydrogen (secondary N) is 2. The Kier molecular flexibility index (Phi) is 12.2. The molecule has 0 heterocycles. The molecule has 0 aromatic heterocycles. The molecule has 0 radical (unpaired) electrons. The van der Waals surface area contributed by atoms with Crippen LogP contribution in [0.1, 0.15) is 96.0 Å². The number of aryl methyl sites for hydroxylation is 2. The van der Waals surface area contributed by atoms with Crippen LogP contribution in [0.4, 0.5) is 4.79 Å². The smallest absolute Gasteiger partial charge is 0.408 e. The molecule has 7 nitrogen and oxygen atoms in total. The predicted octanol–water partition coefficient (Wildman–Crippen LogP) is 6.41. The molecule has 2 rings (SSSR count). The minimum Gasteiger partial charge on any atom is -0.444 e. The van der Waals surface area contributed by atoms with Gasteiger partial charge in [-0.05, 0) is 78.0 Å². The first-order chi connectivity index (χ1) is 18.8. The average molecular weight is 552 g/mol. The highest BCUT2D eigenvalue weighted by atomic mass is 16.6. The highest BCUT2D eigenvalue weighted by Gasteiger charge is 2.39. The lowest BCUT2D eigenvalue weighted by atomic mass is 9.93. The zero-order valence-electron chi connectivity index (χ0n) is 25.8. The van der Waals surface area contributed by atoms with Gasteiger partial charge in [-0.15, -0.1) is 0 Å². The van der Waals surface area contributed by atoms with Crippen molar-refractivity contribution in [3.8, 4) is 0 Å². The van der Waals surface area contributed by atoms with Crippen LogP contribution < -0.4 is 10.6 Å². The van der Waals surface area contributed by atoms with Crippen LogP contribution in [-0.4, -0.2) is 46.5 Å². The molecule has 0 saturated heterocycles. The third kappa shape index (κ3) is 9.68. The lowest BCUT2D eigenvalue weighted by molar-refractivity contribution is -0.145. The standard InChI is InChI=1S/C33H49N3O4/c1-10-15-24(5)34-30(37)29(27-20-22(3)18-19-23(27)4)36(25(6)11-2)31(38)28(21-26-16-13-12-14-17-26)35-32(39)40-33(7,8)9/h12-14,16-20,24-25,28-29H,10-11,15,21H2,1-9H3,(H,34,37)(H,35,39). The van der Waals surface area contributed by atoms with Crippen LogP contribution in [0.25, 0.3) is 0 Å². The Morgan fingerprint density at radius 2 is 1.60 bits per heavy atom. The predicted molar refractivity (Wildman–Crippen MR) is 161 cm³/mol. The summed E-state index contributed by atoms with van der Waals surface area (Å²) < 4.78 is 5.53. The molecule has 220 valence electrons. The van der Waals surface area contributed by atoms with E-state index in [-0.39, 0.29) is 30.3 Å². The highest BCUT2D eigenvalue weighted by Crippen LogP contribution is 2.30. The number of hydrogen-bond donors (Lipinski definition) is 2. The minimum absolute atomic E-state index is 0.0426. The Balaban J connectivity index is 2.63. The van der Waals surface area contributed by atoms with Gasteiger partial charge in [-0.3, -0.25) is 9.59 Å². The highest BCUT2D eigenvalue weighted by molar-refractivity contribution is 5.93. The summed E-state index contributed by atoms with van der Waals surface area (Å²) in [6.07, 6.45) is 1.99. The van der Waals surface area contributed by atoms with Gasteiger partial charge in [0.25, 0.3) is 0 Å². The molecule has 3 amide bonds. The number of rotatable bonds is 12. The van der Waals surface area contributed by atoms with Gasteiger partial charge in [0.2, 0.25) is 11.8 Å². The van der Waals surface area contributed by atoms with E-state index in [2.05, 4.69) is 17.6 Å². The molecule has 2 aromatic carbocycles. The third-order valence-corrected chi connectivity index (χ3v) is 6.96. The number of ether oxygens (including phenoxy) is 1. The number of alkyl carbamates (subject to hydrolysis) is 1. The van der Waals surface area contributed by atoms with E-state index < -0.39 is 23.8 Å². The number of carbonyl (C=O) groups excluding carboxylic acids is 3. The summed E-state index contributed by atoms with van der Waals surface area (Å²) in [6.45, 7) is 17.3. The van der Waals surface area contributed by atoms with E-state index in [1.807, 2.05) is 83.1 Å². The van der Waals surface area contributed by atoms with Crippen LogP contribution in [-0.2, 0) is 20.7 Å². The number of amides is 3. The number of hydrogen-bond acceptors (Lipinski definition) is 4. The van der Waals surface area contributed by atoms with E-state index in [1.54, 1.807) is 25.7 Å². The first-order valence-electron chi connectivity index (χ1n) is 14.5. The maximum Gasteiger partial charge on any atom is 0.408 e. The normalized spacial score (nSPS) is 14.4. The van der Waals surface area contributed by atoms with Crippen LogP contribution in [0.2, 0.25) is 0 Å². The maximum absolute atomic E-state index is 14.6. The van der Waals surface area contributed by atoms with Crippen molar-refractivity contribution in [2.24, 2.45) is 0 Å². The van der Waals surface area contributed by atoms with E-state index in [1.165, 1.54) is 0 Å². The Morgan fingerprint density at radius 1 is 0.950 bits per heavy atom. The van der Waals surface area contributed by atoms with E-state index in [0.29, 0.717) is 6.42 Å². The second-order valence-electron chi connectivity index (χ2n) is 11.9. The van der Waals surface area contributed by atoms with Gasteiger partial charge in [0.1, 0.15) is 17.7 Å². The molecule has 0 aliphatic carbocycles. The minimum atomic E-state index is -0.931. The van der Waals surface area contributed by atoms with Crippen molar-refractivity contribution in [1.82, 2.24) is 15.5 Å². The Hall–Kier alpha value is -3.35. The number of nitrogens with zero attached hydrogens (tertiary/aromatic N) is 1.